The molecule has 1 aliphatic carbocycles. The van der Waals surface area contributed by atoms with Crippen LogP contribution in [0.3, 0.4) is 0 Å². The summed E-state index contributed by atoms with van der Waals surface area (Å²) < 4.78 is 1.69. The maximum atomic E-state index is 12.5. The van der Waals surface area contributed by atoms with Crippen molar-refractivity contribution < 1.29 is 4.79 Å². The minimum Gasteiger partial charge on any atom is -0.319 e. The molecule has 2 amide bonds. The van der Waals surface area contributed by atoms with Gasteiger partial charge in [0.25, 0.3) is 0 Å². The van der Waals surface area contributed by atoms with Gasteiger partial charge in [0.1, 0.15) is 5.82 Å². The Balaban J connectivity index is 1.73. The number of fused-ring (bicyclic) bond motifs is 1. The summed E-state index contributed by atoms with van der Waals surface area (Å²) in [6.07, 6.45) is 7.88. The summed E-state index contributed by atoms with van der Waals surface area (Å²) in [5.74, 6) is 1.47. The molecule has 1 aromatic heterocycles. The zero-order valence-corrected chi connectivity index (χ0v) is 11.7. The van der Waals surface area contributed by atoms with E-state index in [-0.39, 0.29) is 6.03 Å². The number of amides is 2. The van der Waals surface area contributed by atoms with Gasteiger partial charge in [-0.15, -0.1) is 0 Å². The number of aryl methyl sites for hydroxylation is 1. The lowest BCUT2D eigenvalue weighted by molar-refractivity contribution is 0.167. The summed E-state index contributed by atoms with van der Waals surface area (Å²) in [7, 11) is 1.84. The third-order valence-electron chi connectivity index (χ3n) is 4.64. The number of carbonyl (C=O) groups is 1. The third-order valence-corrected chi connectivity index (χ3v) is 4.64. The highest BCUT2D eigenvalue weighted by Crippen LogP contribution is 2.39. The molecule has 3 unspecified atom stereocenters. The second-order valence-electron chi connectivity index (χ2n) is 5.87. The Bertz CT molecular complexity index is 470. The van der Waals surface area contributed by atoms with Crippen LogP contribution >= 0.6 is 0 Å². The first-order chi connectivity index (χ1) is 9.16. The van der Waals surface area contributed by atoms with Gasteiger partial charge in [0.15, 0.2) is 0 Å². The van der Waals surface area contributed by atoms with Crippen LogP contribution in [-0.4, -0.2) is 32.8 Å². The molecule has 0 radical (unpaired) electrons. The van der Waals surface area contributed by atoms with E-state index in [2.05, 4.69) is 22.2 Å². The van der Waals surface area contributed by atoms with E-state index in [1.54, 1.807) is 10.9 Å². The topological polar surface area (TPSA) is 50.2 Å². The summed E-state index contributed by atoms with van der Waals surface area (Å²) in [5, 5.41) is 7.06. The second kappa shape index (κ2) is 4.87. The van der Waals surface area contributed by atoms with Crippen LogP contribution in [0.1, 0.15) is 39.0 Å². The van der Waals surface area contributed by atoms with Crippen molar-refractivity contribution in [3.05, 3.63) is 12.3 Å². The van der Waals surface area contributed by atoms with E-state index in [1.807, 2.05) is 13.1 Å². The average Bonchev–Trinajstić information content (AvgIpc) is 2.92. The molecule has 5 heteroatoms. The van der Waals surface area contributed by atoms with Crippen molar-refractivity contribution in [2.75, 3.05) is 5.32 Å². The van der Waals surface area contributed by atoms with Gasteiger partial charge in [0.2, 0.25) is 0 Å². The Morgan fingerprint density at radius 3 is 2.95 bits per heavy atom. The van der Waals surface area contributed by atoms with Crippen LogP contribution in [0.4, 0.5) is 10.6 Å². The molecule has 104 valence electrons. The lowest BCUT2D eigenvalue weighted by Crippen LogP contribution is -2.44. The quantitative estimate of drug-likeness (QED) is 0.845. The summed E-state index contributed by atoms with van der Waals surface area (Å²) in [6.45, 7) is 2.17. The predicted octanol–water partition coefficient (Wildman–Crippen LogP) is 2.61. The molecule has 2 aliphatic rings. The molecule has 1 aliphatic heterocycles. The van der Waals surface area contributed by atoms with Gasteiger partial charge in [-0.05, 0) is 32.1 Å². The maximum Gasteiger partial charge on any atom is 0.323 e. The van der Waals surface area contributed by atoms with Crippen LogP contribution in [-0.2, 0) is 7.05 Å². The van der Waals surface area contributed by atoms with Gasteiger partial charge in [-0.3, -0.25) is 10.00 Å². The Morgan fingerprint density at radius 1 is 1.42 bits per heavy atom. The molecule has 3 atom stereocenters. The first-order valence-electron chi connectivity index (χ1n) is 7.24. The number of aromatic nitrogens is 2. The zero-order chi connectivity index (χ0) is 13.4. The van der Waals surface area contributed by atoms with Gasteiger partial charge in [-0.1, -0.05) is 12.8 Å². The van der Waals surface area contributed by atoms with E-state index in [0.29, 0.717) is 18.0 Å². The SMILES string of the molecule is CC1CC2CCCCC2N1C(=O)Nc1ccnn1C. The smallest absolute Gasteiger partial charge is 0.319 e. The summed E-state index contributed by atoms with van der Waals surface area (Å²) >= 11 is 0. The Hall–Kier alpha value is -1.52. The first kappa shape index (κ1) is 12.5. The molecule has 5 nitrogen and oxygen atoms in total. The van der Waals surface area contributed by atoms with E-state index >= 15 is 0 Å². The summed E-state index contributed by atoms with van der Waals surface area (Å²) in [5.41, 5.74) is 0. The normalized spacial score (nSPS) is 30.2. The molecule has 0 spiro atoms. The van der Waals surface area contributed by atoms with Crippen molar-refractivity contribution in [3.8, 4) is 0 Å². The lowest BCUT2D eigenvalue weighted by Gasteiger charge is -2.33. The molecule has 1 aromatic rings. The van der Waals surface area contributed by atoms with Gasteiger partial charge in [0, 0.05) is 25.2 Å². The second-order valence-corrected chi connectivity index (χ2v) is 5.87. The monoisotopic (exact) mass is 262 g/mol. The van der Waals surface area contributed by atoms with Crippen LogP contribution in [0, 0.1) is 5.92 Å². The van der Waals surface area contributed by atoms with Crippen LogP contribution < -0.4 is 5.32 Å². The van der Waals surface area contributed by atoms with Crippen LogP contribution in [0.15, 0.2) is 12.3 Å². The first-order valence-corrected chi connectivity index (χ1v) is 7.24. The van der Waals surface area contributed by atoms with Crippen molar-refractivity contribution >= 4 is 11.8 Å². The van der Waals surface area contributed by atoms with E-state index < -0.39 is 0 Å². The number of hydrogen-bond donors (Lipinski definition) is 1. The summed E-state index contributed by atoms with van der Waals surface area (Å²) in [4.78, 5) is 14.6. The van der Waals surface area contributed by atoms with Gasteiger partial charge < -0.3 is 4.90 Å². The highest BCUT2D eigenvalue weighted by Gasteiger charge is 2.42. The van der Waals surface area contributed by atoms with Crippen molar-refractivity contribution in [2.45, 2.75) is 51.1 Å². The highest BCUT2D eigenvalue weighted by molar-refractivity contribution is 5.89. The minimum atomic E-state index is 0.0329. The van der Waals surface area contributed by atoms with Crippen molar-refractivity contribution in [2.24, 2.45) is 13.0 Å². The minimum absolute atomic E-state index is 0.0329. The number of nitrogens with one attached hydrogen (secondary N) is 1. The number of urea groups is 1. The maximum absolute atomic E-state index is 12.5. The number of rotatable bonds is 1. The molecule has 0 bridgehead atoms. The third kappa shape index (κ3) is 2.22. The van der Waals surface area contributed by atoms with Crippen LogP contribution in [0.25, 0.3) is 0 Å². The van der Waals surface area contributed by atoms with E-state index in [0.717, 1.165) is 18.7 Å². The van der Waals surface area contributed by atoms with Gasteiger partial charge in [-0.2, -0.15) is 5.10 Å². The van der Waals surface area contributed by atoms with Crippen molar-refractivity contribution in [1.29, 1.82) is 0 Å². The number of nitrogens with zero attached hydrogens (tertiary/aromatic N) is 3. The molecule has 0 aromatic carbocycles. The molecule has 2 fully saturated rings. The van der Waals surface area contributed by atoms with E-state index in [4.69, 9.17) is 0 Å². The number of anilines is 1. The zero-order valence-electron chi connectivity index (χ0n) is 11.7. The number of hydrogen-bond acceptors (Lipinski definition) is 2. The molecule has 1 N–H and O–H groups in total. The Labute approximate surface area is 114 Å². The lowest BCUT2D eigenvalue weighted by atomic mass is 9.85. The van der Waals surface area contributed by atoms with E-state index in [9.17, 15) is 4.79 Å². The molecule has 3 rings (SSSR count). The fourth-order valence-corrected chi connectivity index (χ4v) is 3.73. The fraction of sp³-hybridized carbons (Fsp3) is 0.714. The molecule has 2 heterocycles. The number of carbonyl (C=O) groups excluding carboxylic acids is 1. The number of likely N-dealkylation sites (tertiary alicyclic amines) is 1. The van der Waals surface area contributed by atoms with Crippen molar-refractivity contribution in [1.82, 2.24) is 14.7 Å². The van der Waals surface area contributed by atoms with E-state index in [1.165, 1.54) is 19.3 Å². The van der Waals surface area contributed by atoms with Crippen molar-refractivity contribution in [3.63, 3.8) is 0 Å². The van der Waals surface area contributed by atoms with Gasteiger partial charge in [0.05, 0.1) is 6.20 Å². The standard InChI is InChI=1S/C14H22N4O/c1-10-9-11-5-3-4-6-12(11)18(10)14(19)16-13-7-8-15-17(13)2/h7-8,10-12H,3-6,9H2,1-2H3,(H,16,19). The largest absolute Gasteiger partial charge is 0.323 e. The average molecular weight is 262 g/mol. The van der Waals surface area contributed by atoms with Gasteiger partial charge in [-0.25, -0.2) is 4.79 Å². The molecule has 19 heavy (non-hydrogen) atoms. The highest BCUT2D eigenvalue weighted by atomic mass is 16.2. The fourth-order valence-electron chi connectivity index (χ4n) is 3.73. The molecule has 1 saturated heterocycles. The van der Waals surface area contributed by atoms with Gasteiger partial charge >= 0.3 is 6.03 Å². The Kier molecular flexibility index (Phi) is 3.21. The van der Waals surface area contributed by atoms with Crippen LogP contribution in [0.2, 0.25) is 0 Å². The van der Waals surface area contributed by atoms with Crippen LogP contribution in [0.5, 0.6) is 0 Å². The Morgan fingerprint density at radius 2 is 2.21 bits per heavy atom. The summed E-state index contributed by atoms with van der Waals surface area (Å²) in [6, 6.07) is 2.65. The predicted molar refractivity (Wildman–Crippen MR) is 73.9 cm³/mol. The molecular weight excluding hydrogens is 240 g/mol. The molecule has 1 saturated carbocycles. The molecular formula is C14H22N4O.